The van der Waals surface area contributed by atoms with Crippen LogP contribution < -0.4 is 5.32 Å². The highest BCUT2D eigenvalue weighted by molar-refractivity contribution is 5.60. The molecule has 134 valence electrons. The van der Waals surface area contributed by atoms with Crippen molar-refractivity contribution in [1.29, 1.82) is 0 Å². The number of pyridine rings is 1. The van der Waals surface area contributed by atoms with Crippen molar-refractivity contribution in [3.8, 4) is 11.4 Å². The van der Waals surface area contributed by atoms with Crippen LogP contribution in [0.3, 0.4) is 0 Å². The summed E-state index contributed by atoms with van der Waals surface area (Å²) in [7, 11) is 0. The quantitative estimate of drug-likeness (QED) is 0.769. The van der Waals surface area contributed by atoms with Gasteiger partial charge in [0.15, 0.2) is 5.82 Å². The van der Waals surface area contributed by atoms with Gasteiger partial charge in [-0.3, -0.25) is 4.98 Å². The average Bonchev–Trinajstić information content (AvgIpc) is 3.29. The Labute approximate surface area is 153 Å². The molecule has 3 heterocycles. The van der Waals surface area contributed by atoms with Crippen LogP contribution >= 0.6 is 0 Å². The normalized spacial score (nSPS) is 13.7. The lowest BCUT2D eigenvalue weighted by Gasteiger charge is -2.13. The second-order valence-electron chi connectivity index (χ2n) is 7.63. The van der Waals surface area contributed by atoms with Gasteiger partial charge in [-0.2, -0.15) is 0 Å². The molecule has 26 heavy (non-hydrogen) atoms. The maximum Gasteiger partial charge on any atom is 0.213 e. The van der Waals surface area contributed by atoms with Crippen LogP contribution in [-0.4, -0.2) is 19.9 Å². The predicted molar refractivity (Wildman–Crippen MR) is 99.8 cm³/mol. The molecule has 1 aliphatic carbocycles. The minimum absolute atomic E-state index is 0.0457. The van der Waals surface area contributed by atoms with Crippen LogP contribution in [0.25, 0.3) is 11.4 Å². The van der Waals surface area contributed by atoms with E-state index in [-0.39, 0.29) is 5.41 Å². The Kier molecular flexibility index (Phi) is 4.18. The van der Waals surface area contributed by atoms with E-state index in [1.54, 1.807) is 12.4 Å². The van der Waals surface area contributed by atoms with Crippen LogP contribution in [0.15, 0.2) is 35.1 Å². The van der Waals surface area contributed by atoms with Gasteiger partial charge in [-0.25, -0.2) is 15.0 Å². The molecule has 6 heteroatoms. The lowest BCUT2D eigenvalue weighted by atomic mass is 9.94. The number of aromatic nitrogens is 4. The Balaban J connectivity index is 1.60. The van der Waals surface area contributed by atoms with E-state index >= 15 is 0 Å². The molecular formula is C20H23N5O. The molecule has 0 saturated heterocycles. The molecule has 0 atom stereocenters. The van der Waals surface area contributed by atoms with Gasteiger partial charge in [0.05, 0.1) is 12.7 Å². The lowest BCUT2D eigenvalue weighted by Crippen LogP contribution is -2.09. The van der Waals surface area contributed by atoms with Gasteiger partial charge in [0.1, 0.15) is 11.6 Å². The number of oxazole rings is 1. The van der Waals surface area contributed by atoms with Crippen LogP contribution in [-0.2, 0) is 24.8 Å². The highest BCUT2D eigenvalue weighted by Crippen LogP contribution is 2.29. The van der Waals surface area contributed by atoms with Crippen molar-refractivity contribution in [3.05, 3.63) is 53.6 Å². The van der Waals surface area contributed by atoms with Crippen molar-refractivity contribution in [2.24, 2.45) is 0 Å². The summed E-state index contributed by atoms with van der Waals surface area (Å²) in [4.78, 5) is 18.0. The van der Waals surface area contributed by atoms with Crippen molar-refractivity contribution in [1.82, 2.24) is 19.9 Å². The molecule has 0 spiro atoms. The molecule has 0 bridgehead atoms. The van der Waals surface area contributed by atoms with Gasteiger partial charge in [0, 0.05) is 34.6 Å². The zero-order chi connectivity index (χ0) is 18.1. The summed E-state index contributed by atoms with van der Waals surface area (Å²) in [5.74, 6) is 3.18. The van der Waals surface area contributed by atoms with Gasteiger partial charge < -0.3 is 9.73 Å². The van der Waals surface area contributed by atoms with Gasteiger partial charge in [-0.1, -0.05) is 20.8 Å². The van der Waals surface area contributed by atoms with E-state index in [9.17, 15) is 0 Å². The summed E-state index contributed by atoms with van der Waals surface area (Å²) >= 11 is 0. The fourth-order valence-corrected chi connectivity index (χ4v) is 3.11. The first-order valence-electron chi connectivity index (χ1n) is 9.00. The third kappa shape index (κ3) is 3.31. The van der Waals surface area contributed by atoms with Gasteiger partial charge in [-0.05, 0) is 31.4 Å². The first-order chi connectivity index (χ1) is 12.5. The first kappa shape index (κ1) is 16.7. The SMILES string of the molecule is CC(C)(C)c1cnc(CNc2nc(-c3ccncc3)nc3c2CCC3)o1. The van der Waals surface area contributed by atoms with Crippen LogP contribution in [0, 0.1) is 0 Å². The predicted octanol–water partition coefficient (Wildman–Crippen LogP) is 3.92. The van der Waals surface area contributed by atoms with Crippen molar-refractivity contribution < 1.29 is 4.42 Å². The van der Waals surface area contributed by atoms with E-state index in [2.05, 4.69) is 36.1 Å². The third-order valence-corrected chi connectivity index (χ3v) is 4.57. The second-order valence-corrected chi connectivity index (χ2v) is 7.63. The first-order valence-corrected chi connectivity index (χ1v) is 9.00. The Morgan fingerprint density at radius 2 is 1.92 bits per heavy atom. The van der Waals surface area contributed by atoms with Crippen molar-refractivity contribution in [2.45, 2.75) is 52.0 Å². The van der Waals surface area contributed by atoms with Crippen LogP contribution in [0.4, 0.5) is 5.82 Å². The maximum atomic E-state index is 5.88. The summed E-state index contributed by atoms with van der Waals surface area (Å²) < 4.78 is 5.88. The zero-order valence-electron chi connectivity index (χ0n) is 15.4. The minimum atomic E-state index is -0.0457. The standard InChI is InChI=1S/C20H23N5O/c1-20(2,3)16-11-22-17(26-16)12-23-19-14-5-4-6-15(14)24-18(25-19)13-7-9-21-10-8-13/h7-11H,4-6,12H2,1-3H3,(H,23,24,25). The lowest BCUT2D eigenvalue weighted by molar-refractivity contribution is 0.385. The summed E-state index contributed by atoms with van der Waals surface area (Å²) in [5.41, 5.74) is 3.28. The fourth-order valence-electron chi connectivity index (χ4n) is 3.11. The highest BCUT2D eigenvalue weighted by atomic mass is 16.4. The summed E-state index contributed by atoms with van der Waals surface area (Å²) in [6, 6.07) is 3.87. The monoisotopic (exact) mass is 349 g/mol. The number of aryl methyl sites for hydroxylation is 1. The Bertz CT molecular complexity index is 912. The maximum absolute atomic E-state index is 5.88. The Hall–Kier alpha value is -2.76. The average molecular weight is 349 g/mol. The molecule has 0 saturated carbocycles. The summed E-state index contributed by atoms with van der Waals surface area (Å²) in [6.45, 7) is 6.85. The van der Waals surface area contributed by atoms with Crippen molar-refractivity contribution in [3.63, 3.8) is 0 Å². The number of rotatable bonds is 4. The van der Waals surface area contributed by atoms with E-state index in [4.69, 9.17) is 14.4 Å². The van der Waals surface area contributed by atoms with Crippen LogP contribution in [0.1, 0.15) is 50.1 Å². The van der Waals surface area contributed by atoms with E-state index in [1.165, 1.54) is 5.56 Å². The van der Waals surface area contributed by atoms with Crippen molar-refractivity contribution >= 4 is 5.82 Å². The van der Waals surface area contributed by atoms with Gasteiger partial charge in [0.2, 0.25) is 5.89 Å². The molecule has 3 aromatic heterocycles. The topological polar surface area (TPSA) is 76.7 Å². The Morgan fingerprint density at radius 1 is 1.12 bits per heavy atom. The number of nitrogens with one attached hydrogen (secondary N) is 1. The number of fused-ring (bicyclic) bond motifs is 1. The van der Waals surface area contributed by atoms with Crippen molar-refractivity contribution in [2.75, 3.05) is 5.32 Å². The summed E-state index contributed by atoms with van der Waals surface area (Å²) in [5, 5.41) is 3.41. The molecule has 0 fully saturated rings. The smallest absolute Gasteiger partial charge is 0.213 e. The van der Waals surface area contributed by atoms with E-state index in [1.807, 2.05) is 18.3 Å². The Morgan fingerprint density at radius 3 is 2.65 bits per heavy atom. The molecule has 6 nitrogen and oxygen atoms in total. The molecule has 4 rings (SSSR count). The van der Waals surface area contributed by atoms with E-state index < -0.39 is 0 Å². The minimum Gasteiger partial charge on any atom is -0.443 e. The molecule has 3 aromatic rings. The van der Waals surface area contributed by atoms with Gasteiger partial charge in [0.25, 0.3) is 0 Å². The zero-order valence-corrected chi connectivity index (χ0v) is 15.4. The number of hydrogen-bond donors (Lipinski definition) is 1. The number of anilines is 1. The second kappa shape index (κ2) is 6.52. The van der Waals surface area contributed by atoms with E-state index in [0.29, 0.717) is 12.4 Å². The molecule has 1 aliphatic rings. The van der Waals surface area contributed by atoms with Crippen LogP contribution in [0.5, 0.6) is 0 Å². The molecule has 0 radical (unpaired) electrons. The number of hydrogen-bond acceptors (Lipinski definition) is 6. The van der Waals surface area contributed by atoms with Gasteiger partial charge >= 0.3 is 0 Å². The fraction of sp³-hybridized carbons (Fsp3) is 0.400. The molecule has 0 unspecified atom stereocenters. The highest BCUT2D eigenvalue weighted by Gasteiger charge is 2.21. The van der Waals surface area contributed by atoms with Gasteiger partial charge in [-0.15, -0.1) is 0 Å². The molecule has 0 amide bonds. The number of nitrogens with zero attached hydrogens (tertiary/aromatic N) is 4. The third-order valence-electron chi connectivity index (χ3n) is 4.57. The molecule has 1 N–H and O–H groups in total. The summed E-state index contributed by atoms with van der Waals surface area (Å²) in [6.07, 6.45) is 8.46. The van der Waals surface area contributed by atoms with Crippen LogP contribution in [0.2, 0.25) is 0 Å². The van der Waals surface area contributed by atoms with E-state index in [0.717, 1.165) is 47.9 Å². The molecular weight excluding hydrogens is 326 g/mol. The largest absolute Gasteiger partial charge is 0.443 e. The molecule has 0 aromatic carbocycles. The molecule has 0 aliphatic heterocycles.